The third-order valence-electron chi connectivity index (χ3n) is 4.83. The summed E-state index contributed by atoms with van der Waals surface area (Å²) in [6.45, 7) is 4.86. The van der Waals surface area contributed by atoms with E-state index >= 15 is 0 Å². The van der Waals surface area contributed by atoms with Crippen LogP contribution in [0.3, 0.4) is 0 Å². The first-order chi connectivity index (χ1) is 14.1. The molecular weight excluding hydrogens is 366 g/mol. The van der Waals surface area contributed by atoms with Crippen molar-refractivity contribution in [3.05, 3.63) is 77.6 Å². The van der Waals surface area contributed by atoms with Crippen molar-refractivity contribution < 1.29 is 9.53 Å². The number of carbonyl (C=O) groups excluding carboxylic acids is 1. The highest BCUT2D eigenvalue weighted by molar-refractivity contribution is 6.11. The minimum Gasteiger partial charge on any atom is -0.402 e. The maximum absolute atomic E-state index is 12.2. The lowest BCUT2D eigenvalue weighted by molar-refractivity contribution is -0.130. The predicted molar refractivity (Wildman–Crippen MR) is 113 cm³/mol. The normalized spacial score (nSPS) is 18.8. The number of nitrogens with two attached hydrogens (primary N) is 1. The summed E-state index contributed by atoms with van der Waals surface area (Å²) in [7, 11) is 0. The Balaban J connectivity index is 1.40. The third kappa shape index (κ3) is 4.45. The van der Waals surface area contributed by atoms with Crippen LogP contribution in [0.5, 0.6) is 0 Å². The van der Waals surface area contributed by atoms with Gasteiger partial charge in [-0.15, -0.1) is 0 Å². The molecule has 4 rings (SSSR count). The van der Waals surface area contributed by atoms with E-state index in [0.29, 0.717) is 17.6 Å². The largest absolute Gasteiger partial charge is 0.402 e. The van der Waals surface area contributed by atoms with Crippen LogP contribution in [0.25, 0.3) is 0 Å². The maximum atomic E-state index is 12.2. The number of esters is 1. The number of benzene rings is 2. The second kappa shape index (κ2) is 8.18. The number of hydrogen-bond donors (Lipinski definition) is 1. The zero-order valence-corrected chi connectivity index (χ0v) is 16.3. The van der Waals surface area contributed by atoms with E-state index in [1.807, 2.05) is 66.4 Å². The number of ether oxygens (including phenoxy) is 1. The molecule has 2 aromatic carbocycles. The van der Waals surface area contributed by atoms with E-state index in [2.05, 4.69) is 14.9 Å². The Morgan fingerprint density at radius 2 is 1.86 bits per heavy atom. The Bertz CT molecular complexity index is 989. The van der Waals surface area contributed by atoms with Crippen LogP contribution in [0, 0.1) is 6.92 Å². The van der Waals surface area contributed by atoms with Gasteiger partial charge in [-0.3, -0.25) is 0 Å². The fourth-order valence-electron chi connectivity index (χ4n) is 3.26. The van der Waals surface area contributed by atoms with Gasteiger partial charge < -0.3 is 20.3 Å². The monoisotopic (exact) mass is 389 g/mol. The summed E-state index contributed by atoms with van der Waals surface area (Å²) in [5.41, 5.74) is 9.20. The molecule has 0 saturated carbocycles. The SMILES string of the molecule is Cc1cccc(C2=NC(=CN3CCN(C(N)=Nc4ccccc4)CC3)C(=O)O2)c1. The van der Waals surface area contributed by atoms with E-state index in [1.54, 1.807) is 6.20 Å². The number of para-hydroxylation sites is 1. The van der Waals surface area contributed by atoms with Gasteiger partial charge in [-0.1, -0.05) is 35.9 Å². The predicted octanol–water partition coefficient (Wildman–Crippen LogP) is 2.40. The number of aliphatic imine (C=N–C) groups is 2. The highest BCUT2D eigenvalue weighted by Gasteiger charge is 2.26. The van der Waals surface area contributed by atoms with Crippen molar-refractivity contribution in [2.24, 2.45) is 15.7 Å². The van der Waals surface area contributed by atoms with Crippen LogP contribution in [-0.4, -0.2) is 53.8 Å². The fraction of sp³-hybridized carbons (Fsp3) is 0.227. The second-order valence-electron chi connectivity index (χ2n) is 7.02. The summed E-state index contributed by atoms with van der Waals surface area (Å²) >= 11 is 0. The first kappa shape index (κ1) is 18.7. The number of hydrogen-bond acceptors (Lipinski definition) is 5. The molecule has 2 aliphatic rings. The van der Waals surface area contributed by atoms with Crippen LogP contribution in [-0.2, 0) is 9.53 Å². The van der Waals surface area contributed by atoms with Gasteiger partial charge in [0.15, 0.2) is 11.7 Å². The Morgan fingerprint density at radius 3 is 2.59 bits per heavy atom. The standard InChI is InChI=1S/C22H23N5O2/c1-16-6-5-7-17(14-16)20-25-19(21(28)29-20)15-26-10-12-27(13-11-26)22(23)24-18-8-3-2-4-9-18/h2-9,14-15H,10-13H2,1H3,(H2,23,24). The molecule has 0 atom stereocenters. The molecular formula is C22H23N5O2. The van der Waals surface area contributed by atoms with Gasteiger partial charge in [-0.25, -0.2) is 14.8 Å². The summed E-state index contributed by atoms with van der Waals surface area (Å²) in [5, 5.41) is 0. The molecule has 7 nitrogen and oxygen atoms in total. The molecule has 0 bridgehead atoms. The second-order valence-corrected chi connectivity index (χ2v) is 7.02. The van der Waals surface area contributed by atoms with Gasteiger partial charge in [0.05, 0.1) is 5.69 Å². The molecule has 0 spiro atoms. The van der Waals surface area contributed by atoms with Crippen LogP contribution in [0.15, 0.2) is 76.5 Å². The molecule has 148 valence electrons. The van der Waals surface area contributed by atoms with Crippen molar-refractivity contribution in [3.63, 3.8) is 0 Å². The number of rotatable bonds is 3. The van der Waals surface area contributed by atoms with E-state index in [9.17, 15) is 4.79 Å². The van der Waals surface area contributed by atoms with Gasteiger partial charge >= 0.3 is 5.97 Å². The van der Waals surface area contributed by atoms with Crippen LogP contribution in [0.1, 0.15) is 11.1 Å². The number of piperazine rings is 1. The van der Waals surface area contributed by atoms with Gasteiger partial charge in [0, 0.05) is 37.9 Å². The summed E-state index contributed by atoms with van der Waals surface area (Å²) in [6, 6.07) is 17.4. The molecule has 2 aliphatic heterocycles. The number of nitrogens with zero attached hydrogens (tertiary/aromatic N) is 4. The zero-order valence-electron chi connectivity index (χ0n) is 16.3. The molecule has 2 heterocycles. The first-order valence-corrected chi connectivity index (χ1v) is 9.56. The van der Waals surface area contributed by atoms with E-state index < -0.39 is 5.97 Å². The lowest BCUT2D eigenvalue weighted by atomic mass is 10.1. The molecule has 0 aliphatic carbocycles. The highest BCUT2D eigenvalue weighted by atomic mass is 16.6. The van der Waals surface area contributed by atoms with Crippen molar-refractivity contribution >= 4 is 23.5 Å². The number of guanidine groups is 1. The molecule has 0 unspecified atom stereocenters. The van der Waals surface area contributed by atoms with Crippen LogP contribution in [0.2, 0.25) is 0 Å². The Kier molecular flexibility index (Phi) is 5.29. The summed E-state index contributed by atoms with van der Waals surface area (Å²) in [5.74, 6) is 0.431. The van der Waals surface area contributed by atoms with Crippen molar-refractivity contribution in [1.82, 2.24) is 9.80 Å². The average molecular weight is 389 g/mol. The van der Waals surface area contributed by atoms with Crippen LogP contribution < -0.4 is 5.73 Å². The number of carbonyl (C=O) groups is 1. The topological polar surface area (TPSA) is 83.5 Å². The smallest absolute Gasteiger partial charge is 0.365 e. The first-order valence-electron chi connectivity index (χ1n) is 9.56. The van der Waals surface area contributed by atoms with Gasteiger partial charge in [-0.05, 0) is 31.2 Å². The highest BCUT2D eigenvalue weighted by Crippen LogP contribution is 2.18. The van der Waals surface area contributed by atoms with Crippen LogP contribution >= 0.6 is 0 Å². The number of aryl methyl sites for hydroxylation is 1. The average Bonchev–Trinajstić information content (AvgIpc) is 3.10. The molecule has 7 heteroatoms. The van der Waals surface area contributed by atoms with Crippen molar-refractivity contribution in [1.29, 1.82) is 0 Å². The van der Waals surface area contributed by atoms with Gasteiger partial charge in [-0.2, -0.15) is 0 Å². The minimum absolute atomic E-state index is 0.320. The fourth-order valence-corrected chi connectivity index (χ4v) is 3.26. The zero-order chi connectivity index (χ0) is 20.2. The van der Waals surface area contributed by atoms with E-state index in [-0.39, 0.29) is 0 Å². The molecule has 0 amide bonds. The summed E-state index contributed by atoms with van der Waals surface area (Å²) in [6.07, 6.45) is 1.77. The van der Waals surface area contributed by atoms with Crippen molar-refractivity contribution in [2.75, 3.05) is 26.2 Å². The molecule has 0 aromatic heterocycles. The van der Waals surface area contributed by atoms with Gasteiger partial charge in [0.2, 0.25) is 5.90 Å². The molecule has 2 N–H and O–H groups in total. The minimum atomic E-state index is -0.422. The molecule has 2 aromatic rings. The summed E-state index contributed by atoms with van der Waals surface area (Å²) in [4.78, 5) is 25.2. The quantitative estimate of drug-likeness (QED) is 0.377. The van der Waals surface area contributed by atoms with Crippen LogP contribution in [0.4, 0.5) is 5.69 Å². The lowest BCUT2D eigenvalue weighted by Crippen LogP contribution is -2.49. The lowest BCUT2D eigenvalue weighted by Gasteiger charge is -2.34. The van der Waals surface area contributed by atoms with Gasteiger partial charge in [0.1, 0.15) is 0 Å². The van der Waals surface area contributed by atoms with Crippen molar-refractivity contribution in [3.8, 4) is 0 Å². The van der Waals surface area contributed by atoms with Gasteiger partial charge in [0.25, 0.3) is 0 Å². The maximum Gasteiger partial charge on any atom is 0.365 e. The van der Waals surface area contributed by atoms with Crippen molar-refractivity contribution in [2.45, 2.75) is 6.92 Å². The molecule has 1 fully saturated rings. The Hall–Kier alpha value is -3.61. The Labute approximate surface area is 169 Å². The van der Waals surface area contributed by atoms with E-state index in [1.165, 1.54) is 0 Å². The summed E-state index contributed by atoms with van der Waals surface area (Å²) < 4.78 is 5.35. The molecule has 1 saturated heterocycles. The van der Waals surface area contributed by atoms with E-state index in [4.69, 9.17) is 10.5 Å². The third-order valence-corrected chi connectivity index (χ3v) is 4.83. The molecule has 0 radical (unpaired) electrons. The molecule has 29 heavy (non-hydrogen) atoms. The number of cyclic esters (lactones) is 1. The van der Waals surface area contributed by atoms with E-state index in [0.717, 1.165) is 43.0 Å². The Morgan fingerprint density at radius 1 is 1.10 bits per heavy atom.